The van der Waals surface area contributed by atoms with E-state index in [-0.39, 0.29) is 6.61 Å². The maximum absolute atomic E-state index is 10.5. The third-order valence-electron chi connectivity index (χ3n) is 0.938. The number of aliphatic hydroxyl groups is 1. The van der Waals surface area contributed by atoms with Gasteiger partial charge in [-0.05, 0) is 6.42 Å². The maximum Gasteiger partial charge on any atom is 0.335 e. The third-order valence-corrected chi connectivity index (χ3v) is 0.938. The Kier molecular flexibility index (Phi) is 4.25. The highest BCUT2D eigenvalue weighted by Crippen LogP contribution is 1.92. The molecule has 0 aromatic heterocycles. The second-order valence-corrected chi connectivity index (χ2v) is 1.69. The molecule has 0 saturated carbocycles. The van der Waals surface area contributed by atoms with E-state index in [2.05, 4.69) is 4.74 Å². The normalized spacial score (nSPS) is 11.7. The van der Waals surface area contributed by atoms with E-state index in [0.29, 0.717) is 6.42 Å². The van der Waals surface area contributed by atoms with Crippen LogP contribution < -0.4 is 0 Å². The van der Waals surface area contributed by atoms with E-state index in [1.54, 1.807) is 13.0 Å². The van der Waals surface area contributed by atoms with Gasteiger partial charge in [-0.15, -0.1) is 0 Å². The molecule has 0 radical (unpaired) electrons. The Bertz CT molecular complexity index is 150. The van der Waals surface area contributed by atoms with Crippen molar-refractivity contribution in [3.05, 3.63) is 0 Å². The summed E-state index contributed by atoms with van der Waals surface area (Å²) in [6.45, 7) is 1.36. The number of carbonyl (C=O) groups is 1. The fourth-order valence-electron chi connectivity index (χ4n) is 0.366. The van der Waals surface area contributed by atoms with Crippen LogP contribution in [0.5, 0.6) is 0 Å². The van der Waals surface area contributed by atoms with Gasteiger partial charge in [0.1, 0.15) is 6.07 Å². The van der Waals surface area contributed by atoms with Crippen molar-refractivity contribution < 1.29 is 14.6 Å². The summed E-state index contributed by atoms with van der Waals surface area (Å²) in [6.07, 6.45) is -0.780. The molecule has 0 amide bonds. The first-order chi connectivity index (χ1) is 4.72. The van der Waals surface area contributed by atoms with Crippen LogP contribution in [0.4, 0.5) is 0 Å². The van der Waals surface area contributed by atoms with Crippen molar-refractivity contribution >= 4 is 5.97 Å². The lowest BCUT2D eigenvalue weighted by Crippen LogP contribution is -2.21. The van der Waals surface area contributed by atoms with Crippen molar-refractivity contribution in [2.45, 2.75) is 19.4 Å². The number of aliphatic hydroxyl groups excluding tert-OH is 1. The largest absolute Gasteiger partial charge is 0.448 e. The smallest absolute Gasteiger partial charge is 0.335 e. The molecule has 0 saturated heterocycles. The van der Waals surface area contributed by atoms with Crippen LogP contribution in [0, 0.1) is 11.3 Å². The summed E-state index contributed by atoms with van der Waals surface area (Å²) in [5.41, 5.74) is 0. The van der Waals surface area contributed by atoms with Gasteiger partial charge in [-0.1, -0.05) is 6.92 Å². The summed E-state index contributed by atoms with van der Waals surface area (Å²) in [7, 11) is 0. The molecule has 0 bridgehead atoms. The molecule has 0 fully saturated rings. The summed E-state index contributed by atoms with van der Waals surface area (Å²) >= 11 is 0. The number of esters is 1. The van der Waals surface area contributed by atoms with Crippen LogP contribution in [0.25, 0.3) is 0 Å². The van der Waals surface area contributed by atoms with E-state index in [0.717, 1.165) is 0 Å². The second-order valence-electron chi connectivity index (χ2n) is 1.69. The number of hydrogen-bond donors (Lipinski definition) is 1. The first-order valence-electron chi connectivity index (χ1n) is 2.94. The van der Waals surface area contributed by atoms with Gasteiger partial charge >= 0.3 is 5.97 Å². The van der Waals surface area contributed by atoms with Crippen LogP contribution in [-0.4, -0.2) is 23.8 Å². The highest BCUT2D eigenvalue weighted by atomic mass is 16.5. The fourth-order valence-corrected chi connectivity index (χ4v) is 0.366. The van der Waals surface area contributed by atoms with Crippen LogP contribution >= 0.6 is 0 Å². The SMILES string of the molecule is CCC(O)C(=O)OCC#N. The Labute approximate surface area is 59.0 Å². The molecule has 0 spiro atoms. The van der Waals surface area contributed by atoms with Crippen molar-refractivity contribution in [3.8, 4) is 6.07 Å². The molecule has 1 unspecified atom stereocenters. The number of ether oxygens (including phenoxy) is 1. The lowest BCUT2D eigenvalue weighted by atomic mass is 10.3. The highest BCUT2D eigenvalue weighted by Gasteiger charge is 2.12. The van der Waals surface area contributed by atoms with Gasteiger partial charge in [-0.2, -0.15) is 5.26 Å². The summed E-state index contributed by atoms with van der Waals surface area (Å²) in [5, 5.41) is 16.7. The standard InChI is InChI=1S/C6H9NO3/c1-2-5(8)6(9)10-4-3-7/h5,8H,2,4H2,1H3. The third kappa shape index (κ3) is 3.05. The highest BCUT2D eigenvalue weighted by molar-refractivity contribution is 5.74. The molecule has 4 nitrogen and oxygen atoms in total. The first-order valence-corrected chi connectivity index (χ1v) is 2.94. The first kappa shape index (κ1) is 8.92. The van der Waals surface area contributed by atoms with Gasteiger partial charge < -0.3 is 9.84 Å². The number of carbonyl (C=O) groups excluding carboxylic acids is 1. The van der Waals surface area contributed by atoms with Gasteiger partial charge in [0.05, 0.1) is 0 Å². The predicted octanol–water partition coefficient (Wildman–Crippen LogP) is -0.176. The van der Waals surface area contributed by atoms with E-state index in [9.17, 15) is 4.79 Å². The van der Waals surface area contributed by atoms with E-state index in [1.165, 1.54) is 0 Å². The summed E-state index contributed by atoms with van der Waals surface area (Å²) in [6, 6.07) is 1.62. The molecule has 0 aliphatic carbocycles. The predicted molar refractivity (Wildman–Crippen MR) is 32.9 cm³/mol. The van der Waals surface area contributed by atoms with Crippen molar-refractivity contribution in [2.24, 2.45) is 0 Å². The summed E-state index contributed by atoms with van der Waals surface area (Å²) < 4.78 is 4.29. The molecular weight excluding hydrogens is 134 g/mol. The van der Waals surface area contributed by atoms with Gasteiger partial charge in [0.15, 0.2) is 12.7 Å². The van der Waals surface area contributed by atoms with Gasteiger partial charge in [0, 0.05) is 0 Å². The monoisotopic (exact) mass is 143 g/mol. The molecule has 0 heterocycles. The topological polar surface area (TPSA) is 70.3 Å². The van der Waals surface area contributed by atoms with Gasteiger partial charge in [-0.3, -0.25) is 0 Å². The molecule has 0 aliphatic heterocycles. The van der Waals surface area contributed by atoms with Gasteiger partial charge in [0.2, 0.25) is 0 Å². The van der Waals surface area contributed by atoms with Crippen molar-refractivity contribution in [2.75, 3.05) is 6.61 Å². The van der Waals surface area contributed by atoms with Crippen LogP contribution in [0.3, 0.4) is 0 Å². The minimum absolute atomic E-state index is 0.296. The Morgan fingerprint density at radius 1 is 1.90 bits per heavy atom. The molecular formula is C6H9NO3. The molecule has 1 N–H and O–H groups in total. The zero-order valence-corrected chi connectivity index (χ0v) is 5.70. The Hall–Kier alpha value is -1.08. The average molecular weight is 143 g/mol. The molecule has 4 heteroatoms. The molecule has 56 valence electrons. The summed E-state index contributed by atoms with van der Waals surface area (Å²) in [5.74, 6) is -0.732. The quantitative estimate of drug-likeness (QED) is 0.556. The molecule has 0 aliphatic rings. The minimum atomic E-state index is -1.09. The number of nitrogens with zero attached hydrogens (tertiary/aromatic N) is 1. The molecule has 10 heavy (non-hydrogen) atoms. The van der Waals surface area contributed by atoms with Crippen molar-refractivity contribution in [3.63, 3.8) is 0 Å². The van der Waals surface area contributed by atoms with Crippen LogP contribution in [0.1, 0.15) is 13.3 Å². The Balaban J connectivity index is 3.54. The summed E-state index contributed by atoms with van der Waals surface area (Å²) in [4.78, 5) is 10.5. The second kappa shape index (κ2) is 4.77. The van der Waals surface area contributed by atoms with E-state index in [1.807, 2.05) is 0 Å². The number of nitriles is 1. The van der Waals surface area contributed by atoms with E-state index >= 15 is 0 Å². The average Bonchev–Trinajstić information content (AvgIpc) is 1.98. The minimum Gasteiger partial charge on any atom is -0.448 e. The zero-order chi connectivity index (χ0) is 7.98. The molecule has 1 atom stereocenters. The van der Waals surface area contributed by atoms with Gasteiger partial charge in [0.25, 0.3) is 0 Å². The number of hydrogen-bond acceptors (Lipinski definition) is 4. The molecule has 0 rings (SSSR count). The van der Waals surface area contributed by atoms with Crippen molar-refractivity contribution in [1.82, 2.24) is 0 Å². The Morgan fingerprint density at radius 3 is 2.90 bits per heavy atom. The lowest BCUT2D eigenvalue weighted by molar-refractivity contribution is -0.152. The molecule has 0 aromatic carbocycles. The van der Waals surface area contributed by atoms with Crippen molar-refractivity contribution in [1.29, 1.82) is 5.26 Å². The van der Waals surface area contributed by atoms with Crippen LogP contribution in [0.2, 0.25) is 0 Å². The lowest BCUT2D eigenvalue weighted by Gasteiger charge is -2.03. The van der Waals surface area contributed by atoms with E-state index < -0.39 is 12.1 Å². The van der Waals surface area contributed by atoms with Gasteiger partial charge in [-0.25, -0.2) is 4.79 Å². The zero-order valence-electron chi connectivity index (χ0n) is 5.70. The molecule has 0 aromatic rings. The Morgan fingerprint density at radius 2 is 2.50 bits per heavy atom. The van der Waals surface area contributed by atoms with Crippen LogP contribution in [-0.2, 0) is 9.53 Å². The van der Waals surface area contributed by atoms with Crippen LogP contribution in [0.15, 0.2) is 0 Å². The van der Waals surface area contributed by atoms with E-state index in [4.69, 9.17) is 10.4 Å². The fraction of sp³-hybridized carbons (Fsp3) is 0.667. The maximum atomic E-state index is 10.5. The number of rotatable bonds is 3.